The van der Waals surface area contributed by atoms with Crippen LogP contribution in [0.1, 0.15) is 16.7 Å². The third-order valence-electron chi connectivity index (χ3n) is 4.15. The molecule has 0 aromatic heterocycles. The summed E-state index contributed by atoms with van der Waals surface area (Å²) in [6.45, 7) is 2.96. The van der Waals surface area contributed by atoms with E-state index in [0.29, 0.717) is 0 Å². The lowest BCUT2D eigenvalue weighted by Gasteiger charge is -2.23. The van der Waals surface area contributed by atoms with Gasteiger partial charge >= 0.3 is 0 Å². The first-order valence-electron chi connectivity index (χ1n) is 8.16. The summed E-state index contributed by atoms with van der Waals surface area (Å²) in [7, 11) is 1.10. The van der Waals surface area contributed by atoms with E-state index in [2.05, 4.69) is 89.8 Å². The maximum atomic E-state index is 2.53. The minimum absolute atomic E-state index is 0.978. The van der Waals surface area contributed by atoms with Crippen molar-refractivity contribution in [3.8, 4) is 0 Å². The molecule has 0 unspecified atom stereocenters. The normalized spacial score (nSPS) is 11.0. The minimum atomic E-state index is 0.978. The molecular formula is C21H23NSi. The minimum Gasteiger partial charge on any atom is -0.291 e. The maximum Gasteiger partial charge on any atom is 0.0389 e. The molecule has 3 aromatic rings. The van der Waals surface area contributed by atoms with Gasteiger partial charge in [0.25, 0.3) is 0 Å². The van der Waals surface area contributed by atoms with E-state index in [1.807, 2.05) is 0 Å². The van der Waals surface area contributed by atoms with Crippen molar-refractivity contribution in [3.63, 3.8) is 0 Å². The van der Waals surface area contributed by atoms with Crippen LogP contribution >= 0.6 is 0 Å². The van der Waals surface area contributed by atoms with Gasteiger partial charge in [0.05, 0.1) is 0 Å². The van der Waals surface area contributed by atoms with Gasteiger partial charge in [-0.05, 0) is 16.7 Å². The van der Waals surface area contributed by atoms with Crippen molar-refractivity contribution in [1.29, 1.82) is 0 Å². The zero-order valence-corrected chi connectivity index (χ0v) is 15.7. The fraction of sp³-hybridized carbons (Fsp3) is 0.143. The van der Waals surface area contributed by atoms with Crippen LogP contribution < -0.4 is 5.19 Å². The highest BCUT2D eigenvalue weighted by atomic mass is 28.1. The Morgan fingerprint density at radius 1 is 0.565 bits per heavy atom. The van der Waals surface area contributed by atoms with E-state index in [0.717, 1.165) is 29.9 Å². The predicted octanol–water partition coefficient (Wildman–Crippen LogP) is 2.88. The maximum absolute atomic E-state index is 2.53. The molecule has 0 aliphatic heterocycles. The zero-order chi connectivity index (χ0) is 15.9. The lowest BCUT2D eigenvalue weighted by Crippen LogP contribution is -2.25. The largest absolute Gasteiger partial charge is 0.291 e. The molecule has 23 heavy (non-hydrogen) atoms. The van der Waals surface area contributed by atoms with Crippen LogP contribution in [-0.4, -0.2) is 15.1 Å². The molecular weight excluding hydrogens is 294 g/mol. The van der Waals surface area contributed by atoms with Crippen LogP contribution in [0.5, 0.6) is 0 Å². The summed E-state index contributed by atoms with van der Waals surface area (Å²) in [5.74, 6) is 0. The fourth-order valence-corrected chi connectivity index (χ4v) is 3.40. The van der Waals surface area contributed by atoms with Crippen molar-refractivity contribution < 1.29 is 0 Å². The highest BCUT2D eigenvalue weighted by Crippen LogP contribution is 2.13. The summed E-state index contributed by atoms with van der Waals surface area (Å²) < 4.78 is 0. The Bertz CT molecular complexity index is 684. The van der Waals surface area contributed by atoms with Crippen LogP contribution in [0.25, 0.3) is 0 Å². The number of hydrogen-bond acceptors (Lipinski definition) is 1. The smallest absolute Gasteiger partial charge is 0.0389 e. The third-order valence-corrected chi connectivity index (χ3v) is 5.13. The highest BCUT2D eigenvalue weighted by molar-refractivity contribution is 6.33. The molecule has 0 aliphatic rings. The van der Waals surface area contributed by atoms with E-state index in [9.17, 15) is 0 Å². The SMILES string of the molecule is [SiH3]c1ccccc1CN(Cc1ccccc1)Cc1ccccc1. The first-order chi connectivity index (χ1) is 11.3. The molecule has 1 nitrogen and oxygen atoms in total. The topological polar surface area (TPSA) is 3.24 Å². The second-order valence-electron chi connectivity index (χ2n) is 6.04. The Labute approximate surface area is 142 Å². The molecule has 3 rings (SSSR count). The lowest BCUT2D eigenvalue weighted by molar-refractivity contribution is 0.248. The Morgan fingerprint density at radius 3 is 1.57 bits per heavy atom. The summed E-state index contributed by atoms with van der Waals surface area (Å²) in [5.41, 5.74) is 4.20. The Hall–Kier alpha value is -2.16. The summed E-state index contributed by atoms with van der Waals surface area (Å²) >= 11 is 0. The van der Waals surface area contributed by atoms with Crippen LogP contribution in [-0.2, 0) is 19.6 Å². The zero-order valence-electron chi connectivity index (χ0n) is 13.7. The van der Waals surface area contributed by atoms with Gasteiger partial charge in [0, 0.05) is 29.9 Å². The molecule has 0 saturated carbocycles. The van der Waals surface area contributed by atoms with Crippen LogP contribution in [0.15, 0.2) is 84.9 Å². The molecule has 0 heterocycles. The lowest BCUT2D eigenvalue weighted by atomic mass is 10.1. The molecule has 0 aliphatic carbocycles. The molecule has 3 aromatic carbocycles. The van der Waals surface area contributed by atoms with Crippen molar-refractivity contribution in [2.45, 2.75) is 19.6 Å². The standard InChI is InChI=1S/C21H23NSi/c23-21-14-8-7-13-20(21)17-22(15-18-9-3-1-4-10-18)16-19-11-5-2-6-12-19/h1-14H,15-17H2,23H3. The highest BCUT2D eigenvalue weighted by Gasteiger charge is 2.09. The second kappa shape index (κ2) is 7.91. The molecule has 0 spiro atoms. The Morgan fingerprint density at radius 2 is 1.04 bits per heavy atom. The van der Waals surface area contributed by atoms with E-state index < -0.39 is 0 Å². The van der Waals surface area contributed by atoms with Gasteiger partial charge in [-0.15, -0.1) is 0 Å². The van der Waals surface area contributed by atoms with Gasteiger partial charge in [0.15, 0.2) is 0 Å². The van der Waals surface area contributed by atoms with Crippen LogP contribution in [0.2, 0.25) is 0 Å². The summed E-state index contributed by atoms with van der Waals surface area (Å²) in [6, 6.07) is 30.3. The van der Waals surface area contributed by atoms with Gasteiger partial charge in [0.1, 0.15) is 0 Å². The van der Waals surface area contributed by atoms with Crippen LogP contribution in [0.3, 0.4) is 0 Å². The van der Waals surface area contributed by atoms with E-state index >= 15 is 0 Å². The van der Waals surface area contributed by atoms with Crippen molar-refractivity contribution in [1.82, 2.24) is 4.90 Å². The van der Waals surface area contributed by atoms with E-state index in [-0.39, 0.29) is 0 Å². The number of benzene rings is 3. The van der Waals surface area contributed by atoms with E-state index in [4.69, 9.17) is 0 Å². The number of rotatable bonds is 6. The van der Waals surface area contributed by atoms with Crippen LogP contribution in [0, 0.1) is 0 Å². The average molecular weight is 318 g/mol. The molecule has 0 N–H and O–H groups in total. The Kier molecular flexibility index (Phi) is 5.40. The quantitative estimate of drug-likeness (QED) is 0.632. The molecule has 0 saturated heterocycles. The predicted molar refractivity (Wildman–Crippen MR) is 102 cm³/mol. The molecule has 0 fully saturated rings. The van der Waals surface area contributed by atoms with Gasteiger partial charge < -0.3 is 0 Å². The Balaban J connectivity index is 1.79. The summed E-state index contributed by atoms with van der Waals surface area (Å²) in [4.78, 5) is 2.53. The monoisotopic (exact) mass is 317 g/mol. The summed E-state index contributed by atoms with van der Waals surface area (Å²) in [6.07, 6.45) is 0. The van der Waals surface area contributed by atoms with Crippen molar-refractivity contribution in [2.75, 3.05) is 0 Å². The molecule has 2 heteroatoms. The molecule has 0 atom stereocenters. The fourth-order valence-electron chi connectivity index (χ4n) is 2.88. The van der Waals surface area contributed by atoms with Gasteiger partial charge in [0.2, 0.25) is 0 Å². The van der Waals surface area contributed by atoms with Gasteiger partial charge in [-0.25, -0.2) is 0 Å². The average Bonchev–Trinajstić information content (AvgIpc) is 2.59. The van der Waals surface area contributed by atoms with Crippen molar-refractivity contribution >= 4 is 15.4 Å². The first kappa shape index (κ1) is 15.7. The second-order valence-corrected chi connectivity index (χ2v) is 7.12. The number of hydrogen-bond donors (Lipinski definition) is 0. The molecule has 0 radical (unpaired) electrons. The third kappa shape index (κ3) is 4.65. The molecule has 0 bridgehead atoms. The van der Waals surface area contributed by atoms with Crippen molar-refractivity contribution in [2.24, 2.45) is 0 Å². The van der Waals surface area contributed by atoms with Crippen LogP contribution in [0.4, 0.5) is 0 Å². The van der Waals surface area contributed by atoms with Crippen molar-refractivity contribution in [3.05, 3.63) is 102 Å². The van der Waals surface area contributed by atoms with E-state index in [1.54, 1.807) is 0 Å². The van der Waals surface area contributed by atoms with Gasteiger partial charge in [-0.3, -0.25) is 4.90 Å². The van der Waals surface area contributed by atoms with Gasteiger partial charge in [-0.1, -0.05) is 90.1 Å². The summed E-state index contributed by atoms with van der Waals surface area (Å²) in [5, 5.41) is 1.50. The first-order valence-corrected chi connectivity index (χ1v) is 9.16. The van der Waals surface area contributed by atoms with E-state index in [1.165, 1.54) is 21.9 Å². The molecule has 116 valence electrons. The number of nitrogens with zero attached hydrogens (tertiary/aromatic N) is 1. The van der Waals surface area contributed by atoms with Gasteiger partial charge in [-0.2, -0.15) is 0 Å². The molecule has 0 amide bonds.